The molecule has 102 valence electrons. The molecule has 7 heteroatoms. The number of fused-ring (bicyclic) bond motifs is 1. The van der Waals surface area contributed by atoms with Gasteiger partial charge in [-0.15, -0.1) is 23.1 Å². The third-order valence-corrected chi connectivity index (χ3v) is 5.16. The van der Waals surface area contributed by atoms with Gasteiger partial charge in [-0.3, -0.25) is 0 Å². The van der Waals surface area contributed by atoms with E-state index in [1.165, 1.54) is 0 Å². The summed E-state index contributed by atoms with van der Waals surface area (Å²) in [5.41, 5.74) is 0.952. The minimum Gasteiger partial charge on any atom is -0.304 e. The Kier molecular flexibility index (Phi) is 4.23. The summed E-state index contributed by atoms with van der Waals surface area (Å²) in [6, 6.07) is 1.61. The van der Waals surface area contributed by atoms with Crippen LogP contribution in [0.2, 0.25) is 0 Å². The van der Waals surface area contributed by atoms with Crippen molar-refractivity contribution in [1.82, 2.24) is 5.32 Å². The lowest BCUT2D eigenvalue weighted by atomic mass is 10.0. The summed E-state index contributed by atoms with van der Waals surface area (Å²) in [6.45, 7) is 1.02. The molecule has 2 rings (SSSR count). The molecule has 0 spiro atoms. The molecule has 1 aromatic heterocycles. The zero-order valence-electron chi connectivity index (χ0n) is 9.63. The number of hydrogen-bond acceptors (Lipinski definition) is 3. The first-order valence-electron chi connectivity index (χ1n) is 5.53. The first kappa shape index (κ1) is 14.1. The average Bonchev–Trinajstić information content (AvgIpc) is 2.73. The molecule has 1 N–H and O–H groups in total. The number of thioether (sulfide) groups is 1. The number of alkyl halides is 4. The lowest BCUT2D eigenvalue weighted by Crippen LogP contribution is -2.41. The molecular weight excluding hydrogens is 286 g/mol. The van der Waals surface area contributed by atoms with Crippen molar-refractivity contribution >= 4 is 23.1 Å². The highest BCUT2D eigenvalue weighted by atomic mass is 32.2. The maximum atomic E-state index is 12.9. The lowest BCUT2D eigenvalue weighted by Gasteiger charge is -2.29. The Morgan fingerprint density at radius 2 is 2.22 bits per heavy atom. The second-order valence-corrected chi connectivity index (χ2v) is 6.95. The Labute approximate surface area is 111 Å². The number of hydrogen-bond donors (Lipinski definition) is 1. The fourth-order valence-electron chi connectivity index (χ4n) is 1.88. The van der Waals surface area contributed by atoms with Crippen LogP contribution in [0.3, 0.4) is 0 Å². The van der Waals surface area contributed by atoms with E-state index in [0.29, 0.717) is 11.7 Å². The highest BCUT2D eigenvalue weighted by Gasteiger charge is 2.41. The van der Waals surface area contributed by atoms with Gasteiger partial charge in [0, 0.05) is 11.3 Å². The van der Waals surface area contributed by atoms with Gasteiger partial charge < -0.3 is 5.32 Å². The first-order chi connectivity index (χ1) is 8.40. The van der Waals surface area contributed by atoms with Gasteiger partial charge in [-0.05, 0) is 23.4 Å². The topological polar surface area (TPSA) is 12.0 Å². The molecule has 2 atom stereocenters. The van der Waals surface area contributed by atoms with E-state index in [2.05, 4.69) is 5.32 Å². The zero-order valence-corrected chi connectivity index (χ0v) is 11.3. The average molecular weight is 299 g/mol. The van der Waals surface area contributed by atoms with Gasteiger partial charge in [0.15, 0.2) is 0 Å². The van der Waals surface area contributed by atoms with Crippen LogP contribution in [0.15, 0.2) is 15.7 Å². The quantitative estimate of drug-likeness (QED) is 0.838. The van der Waals surface area contributed by atoms with Crippen LogP contribution in [-0.4, -0.2) is 24.1 Å². The molecule has 0 aliphatic carbocycles. The van der Waals surface area contributed by atoms with Gasteiger partial charge >= 0.3 is 12.3 Å². The highest BCUT2D eigenvalue weighted by molar-refractivity contribution is 8.01. The van der Waals surface area contributed by atoms with E-state index < -0.39 is 18.9 Å². The van der Waals surface area contributed by atoms with Crippen molar-refractivity contribution in [2.24, 2.45) is 0 Å². The fourth-order valence-corrected chi connectivity index (χ4v) is 4.45. The van der Waals surface area contributed by atoms with E-state index in [9.17, 15) is 17.6 Å². The summed E-state index contributed by atoms with van der Waals surface area (Å²) < 4.78 is 51.0. The summed E-state index contributed by atoms with van der Waals surface area (Å²) in [6.07, 6.45) is -2.95. The smallest absolute Gasteiger partial charge is 0.304 e. The molecule has 1 unspecified atom stereocenters. The first-order valence-corrected chi connectivity index (χ1v) is 7.29. The maximum absolute atomic E-state index is 12.9. The Morgan fingerprint density at radius 1 is 1.50 bits per heavy atom. The number of nitrogens with one attached hydrogen (secondary N) is 1. The molecule has 1 aromatic rings. The van der Waals surface area contributed by atoms with Crippen LogP contribution in [0.4, 0.5) is 17.6 Å². The second kappa shape index (κ2) is 5.38. The molecule has 0 radical (unpaired) electrons. The van der Waals surface area contributed by atoms with Gasteiger partial charge in [-0.2, -0.15) is 8.78 Å². The minimum atomic E-state index is -3.97. The molecule has 18 heavy (non-hydrogen) atoms. The van der Waals surface area contributed by atoms with Crippen molar-refractivity contribution in [3.63, 3.8) is 0 Å². The summed E-state index contributed by atoms with van der Waals surface area (Å²) >= 11 is 3.26. The molecule has 0 saturated carbocycles. The van der Waals surface area contributed by atoms with E-state index in [1.807, 2.05) is 18.4 Å². The Balaban J connectivity index is 2.03. The van der Waals surface area contributed by atoms with Crippen molar-refractivity contribution in [3.8, 4) is 0 Å². The third kappa shape index (κ3) is 3.00. The molecule has 0 fully saturated rings. The van der Waals surface area contributed by atoms with Crippen LogP contribution < -0.4 is 5.32 Å². The third-order valence-electron chi connectivity index (χ3n) is 2.81. The van der Waals surface area contributed by atoms with Gasteiger partial charge in [-0.1, -0.05) is 6.92 Å². The van der Waals surface area contributed by atoms with Crippen LogP contribution in [0.1, 0.15) is 24.9 Å². The summed E-state index contributed by atoms with van der Waals surface area (Å²) in [5.74, 6) is -3.97. The maximum Gasteiger partial charge on any atom is 0.319 e. The Hall–Kier alpha value is -0.270. The van der Waals surface area contributed by atoms with Gasteiger partial charge in [-0.25, -0.2) is 8.78 Å². The number of thiophene rings is 1. The molecule has 1 aliphatic heterocycles. The van der Waals surface area contributed by atoms with Gasteiger partial charge in [0.05, 0.1) is 10.8 Å². The summed E-state index contributed by atoms with van der Waals surface area (Å²) in [4.78, 5) is 0. The zero-order chi connectivity index (χ0) is 13.3. The monoisotopic (exact) mass is 299 g/mol. The fraction of sp³-hybridized carbons (Fsp3) is 0.636. The van der Waals surface area contributed by atoms with Crippen LogP contribution in [0.5, 0.6) is 0 Å². The van der Waals surface area contributed by atoms with Crippen LogP contribution in [0.25, 0.3) is 0 Å². The number of halogens is 4. The summed E-state index contributed by atoms with van der Waals surface area (Å²) in [7, 11) is 0. The van der Waals surface area contributed by atoms with Crippen molar-refractivity contribution in [2.45, 2.75) is 41.2 Å². The van der Waals surface area contributed by atoms with Gasteiger partial charge in [0.1, 0.15) is 0 Å². The van der Waals surface area contributed by atoms with Crippen molar-refractivity contribution in [2.75, 3.05) is 6.54 Å². The standard InChI is InChI=1S/C11H13F4NS2/c1-6-4-8(7-2-3-17-9(7)18-6)16-5-11(14,15)10(12)13/h2-3,6,8,10,16H,4-5H2,1H3/t6-,8?/m0/s1. The SMILES string of the molecule is C[C@H]1CC(NCC(F)(F)C(F)F)c2ccsc2S1. The predicted molar refractivity (Wildman–Crippen MR) is 65.9 cm³/mol. The summed E-state index contributed by atoms with van der Waals surface area (Å²) in [5, 5.41) is 4.78. The Bertz CT molecular complexity index is 408. The van der Waals surface area contributed by atoms with E-state index >= 15 is 0 Å². The van der Waals surface area contributed by atoms with Gasteiger partial charge in [0.25, 0.3) is 0 Å². The second-order valence-electron chi connectivity index (χ2n) is 4.32. The minimum absolute atomic E-state index is 0.257. The van der Waals surface area contributed by atoms with E-state index in [1.54, 1.807) is 23.1 Å². The molecule has 0 aromatic carbocycles. The molecule has 0 bridgehead atoms. The molecule has 1 aliphatic rings. The van der Waals surface area contributed by atoms with Gasteiger partial charge in [0.2, 0.25) is 0 Å². The van der Waals surface area contributed by atoms with E-state index in [-0.39, 0.29) is 6.04 Å². The van der Waals surface area contributed by atoms with E-state index in [4.69, 9.17) is 0 Å². The largest absolute Gasteiger partial charge is 0.319 e. The predicted octanol–water partition coefficient (Wildman–Crippen LogP) is 4.16. The molecule has 0 amide bonds. The van der Waals surface area contributed by atoms with Crippen molar-refractivity contribution in [3.05, 3.63) is 17.0 Å². The Morgan fingerprint density at radius 3 is 2.89 bits per heavy atom. The normalized spacial score (nSPS) is 24.3. The highest BCUT2D eigenvalue weighted by Crippen LogP contribution is 2.43. The number of rotatable bonds is 4. The molecule has 1 nitrogen and oxygen atoms in total. The van der Waals surface area contributed by atoms with Crippen molar-refractivity contribution < 1.29 is 17.6 Å². The van der Waals surface area contributed by atoms with Crippen LogP contribution >= 0.6 is 23.1 Å². The molecular formula is C11H13F4NS2. The lowest BCUT2D eigenvalue weighted by molar-refractivity contribution is -0.126. The van der Waals surface area contributed by atoms with Crippen LogP contribution in [-0.2, 0) is 0 Å². The van der Waals surface area contributed by atoms with Crippen molar-refractivity contribution in [1.29, 1.82) is 0 Å². The molecule has 0 saturated heterocycles. The van der Waals surface area contributed by atoms with E-state index in [0.717, 1.165) is 9.77 Å². The van der Waals surface area contributed by atoms with Crippen LogP contribution in [0, 0.1) is 0 Å². The molecule has 2 heterocycles.